The third kappa shape index (κ3) is 5.84. The van der Waals surface area contributed by atoms with E-state index in [-0.39, 0.29) is 16.0 Å². The van der Waals surface area contributed by atoms with Crippen LogP contribution in [0.4, 0.5) is 0 Å². The highest BCUT2D eigenvalue weighted by atomic mass is 32.2. The van der Waals surface area contributed by atoms with Gasteiger partial charge < -0.3 is 5.32 Å². The predicted octanol–water partition coefficient (Wildman–Crippen LogP) is 3.13. The van der Waals surface area contributed by atoms with E-state index in [1.165, 1.54) is 11.0 Å². The minimum atomic E-state index is -3.69. The van der Waals surface area contributed by atoms with E-state index in [1.807, 2.05) is 44.4 Å². The molecule has 0 aliphatic heterocycles. The van der Waals surface area contributed by atoms with Crippen molar-refractivity contribution in [1.29, 1.82) is 0 Å². The lowest BCUT2D eigenvalue weighted by Crippen LogP contribution is -2.49. The van der Waals surface area contributed by atoms with Crippen LogP contribution in [-0.2, 0) is 21.2 Å². The zero-order chi connectivity index (χ0) is 19.2. The molecule has 1 aromatic carbocycles. The average molecular weight is 413 g/mol. The quantitative estimate of drug-likeness (QED) is 0.621. The van der Waals surface area contributed by atoms with Crippen molar-refractivity contribution in [3.8, 4) is 0 Å². The van der Waals surface area contributed by atoms with E-state index in [0.29, 0.717) is 13.0 Å². The summed E-state index contributed by atoms with van der Waals surface area (Å²) in [5, 5.41) is 4.54. The molecule has 5 nitrogen and oxygen atoms in total. The highest BCUT2D eigenvalue weighted by Gasteiger charge is 2.28. The maximum Gasteiger partial charge on any atom is 0.250 e. The number of sulfonamides is 1. The van der Waals surface area contributed by atoms with Crippen LogP contribution < -0.4 is 10.0 Å². The second kappa shape index (κ2) is 9.55. The van der Waals surface area contributed by atoms with Gasteiger partial charge in [-0.3, -0.25) is 4.79 Å². The Balaban J connectivity index is 1.93. The predicted molar refractivity (Wildman–Crippen MR) is 108 cm³/mol. The Kier molecular flexibility index (Phi) is 7.69. The largest absolute Gasteiger partial charge is 0.354 e. The summed E-state index contributed by atoms with van der Waals surface area (Å²) in [6.45, 7) is 4.10. The summed E-state index contributed by atoms with van der Waals surface area (Å²) >= 11 is 2.81. The number of nitrogens with one attached hydrogen (secondary N) is 2. The fourth-order valence-electron chi connectivity index (χ4n) is 2.37. The summed E-state index contributed by atoms with van der Waals surface area (Å²) in [6.07, 6.45) is 2.72. The van der Waals surface area contributed by atoms with Crippen LogP contribution in [0, 0.1) is 5.92 Å². The Hall–Kier alpha value is -1.35. The standard InChI is InChI=1S/C18H24N2O3S3/c1-13(2)17(20-26(22,23)16-5-4-12-25-16)18(21)19-11-10-14-6-8-15(24-3)9-7-14/h4-9,12-13,17,20H,10-11H2,1-3H3,(H,19,21). The van der Waals surface area contributed by atoms with Gasteiger partial charge in [0.05, 0.1) is 0 Å². The molecule has 0 radical (unpaired) electrons. The molecule has 1 heterocycles. The molecule has 1 unspecified atom stereocenters. The number of thioether (sulfide) groups is 1. The van der Waals surface area contributed by atoms with Crippen molar-refractivity contribution in [1.82, 2.24) is 10.0 Å². The molecular weight excluding hydrogens is 388 g/mol. The van der Waals surface area contributed by atoms with Gasteiger partial charge in [-0.25, -0.2) is 8.42 Å². The minimum absolute atomic E-state index is 0.161. The zero-order valence-corrected chi connectivity index (χ0v) is 17.5. The van der Waals surface area contributed by atoms with E-state index in [1.54, 1.807) is 23.2 Å². The molecule has 0 aliphatic carbocycles. The summed E-state index contributed by atoms with van der Waals surface area (Å²) in [4.78, 5) is 13.7. The first-order valence-electron chi connectivity index (χ1n) is 8.30. The first-order chi connectivity index (χ1) is 12.3. The second-order valence-electron chi connectivity index (χ2n) is 6.16. The zero-order valence-electron chi connectivity index (χ0n) is 15.1. The lowest BCUT2D eigenvalue weighted by atomic mass is 10.0. The maximum atomic E-state index is 12.5. The molecular formula is C18H24N2O3S3. The van der Waals surface area contributed by atoms with Crippen LogP contribution in [0.5, 0.6) is 0 Å². The smallest absolute Gasteiger partial charge is 0.250 e. The molecule has 1 atom stereocenters. The van der Waals surface area contributed by atoms with Crippen LogP contribution in [0.25, 0.3) is 0 Å². The van der Waals surface area contributed by atoms with Crippen LogP contribution in [0.15, 0.2) is 50.9 Å². The molecule has 0 saturated carbocycles. The highest BCUT2D eigenvalue weighted by Crippen LogP contribution is 2.17. The molecule has 0 bridgehead atoms. The van der Waals surface area contributed by atoms with Gasteiger partial charge in [-0.15, -0.1) is 23.1 Å². The van der Waals surface area contributed by atoms with Gasteiger partial charge in [0.2, 0.25) is 5.91 Å². The Morgan fingerprint density at radius 2 is 1.88 bits per heavy atom. The average Bonchev–Trinajstić information content (AvgIpc) is 3.15. The summed E-state index contributed by atoms with van der Waals surface area (Å²) in [6, 6.07) is 10.6. The van der Waals surface area contributed by atoms with Crippen molar-refractivity contribution in [3.05, 3.63) is 47.3 Å². The van der Waals surface area contributed by atoms with Gasteiger partial charge in [0.25, 0.3) is 10.0 Å². The summed E-state index contributed by atoms with van der Waals surface area (Å²) in [5.74, 6) is -0.466. The van der Waals surface area contributed by atoms with E-state index in [4.69, 9.17) is 0 Å². The number of rotatable bonds is 9. The monoisotopic (exact) mass is 412 g/mol. The van der Waals surface area contributed by atoms with Gasteiger partial charge in [-0.1, -0.05) is 32.0 Å². The third-order valence-electron chi connectivity index (χ3n) is 3.86. The number of carbonyl (C=O) groups is 1. The number of amides is 1. The van der Waals surface area contributed by atoms with Crippen molar-refractivity contribution in [2.45, 2.75) is 35.4 Å². The van der Waals surface area contributed by atoms with E-state index in [9.17, 15) is 13.2 Å². The van der Waals surface area contributed by atoms with Crippen LogP contribution in [0.2, 0.25) is 0 Å². The number of hydrogen-bond donors (Lipinski definition) is 2. The van der Waals surface area contributed by atoms with Crippen LogP contribution in [-0.4, -0.2) is 33.2 Å². The lowest BCUT2D eigenvalue weighted by molar-refractivity contribution is -0.123. The summed E-state index contributed by atoms with van der Waals surface area (Å²) in [7, 11) is -3.69. The van der Waals surface area contributed by atoms with Crippen LogP contribution >= 0.6 is 23.1 Å². The van der Waals surface area contributed by atoms with Crippen molar-refractivity contribution >= 4 is 39.0 Å². The van der Waals surface area contributed by atoms with Gasteiger partial charge >= 0.3 is 0 Å². The molecule has 2 N–H and O–H groups in total. The molecule has 8 heteroatoms. The fourth-order valence-corrected chi connectivity index (χ4v) is 5.13. The van der Waals surface area contributed by atoms with E-state index >= 15 is 0 Å². The minimum Gasteiger partial charge on any atom is -0.354 e. The normalized spacial score (nSPS) is 12.9. The molecule has 1 amide bonds. The topological polar surface area (TPSA) is 75.3 Å². The van der Waals surface area contributed by atoms with Crippen molar-refractivity contribution in [2.24, 2.45) is 5.92 Å². The number of benzene rings is 1. The Labute approximate surface area is 163 Å². The first kappa shape index (κ1) is 21.0. The molecule has 1 aromatic heterocycles. The van der Waals surface area contributed by atoms with Gasteiger partial charge in [0.1, 0.15) is 10.3 Å². The molecule has 0 fully saturated rings. The molecule has 0 saturated heterocycles. The Bertz CT molecular complexity index is 801. The van der Waals surface area contributed by atoms with Crippen molar-refractivity contribution < 1.29 is 13.2 Å². The van der Waals surface area contributed by atoms with Gasteiger partial charge in [0.15, 0.2) is 0 Å². The van der Waals surface area contributed by atoms with Gasteiger partial charge in [-0.2, -0.15) is 4.72 Å². The fraction of sp³-hybridized carbons (Fsp3) is 0.389. The van der Waals surface area contributed by atoms with E-state index < -0.39 is 16.1 Å². The van der Waals surface area contributed by atoms with E-state index in [2.05, 4.69) is 10.0 Å². The van der Waals surface area contributed by atoms with Gasteiger partial charge in [0, 0.05) is 11.4 Å². The first-order valence-corrected chi connectivity index (χ1v) is 11.9. The van der Waals surface area contributed by atoms with Crippen LogP contribution in [0.1, 0.15) is 19.4 Å². The number of thiophene rings is 1. The molecule has 2 rings (SSSR count). The molecule has 0 spiro atoms. The van der Waals surface area contributed by atoms with Crippen molar-refractivity contribution in [2.75, 3.05) is 12.8 Å². The van der Waals surface area contributed by atoms with Gasteiger partial charge in [-0.05, 0) is 47.7 Å². The summed E-state index contributed by atoms with van der Waals surface area (Å²) < 4.78 is 27.5. The maximum absolute atomic E-state index is 12.5. The Morgan fingerprint density at radius 3 is 2.42 bits per heavy atom. The van der Waals surface area contributed by atoms with Crippen LogP contribution in [0.3, 0.4) is 0 Å². The highest BCUT2D eigenvalue weighted by molar-refractivity contribution is 7.98. The summed E-state index contributed by atoms with van der Waals surface area (Å²) in [5.41, 5.74) is 1.13. The Morgan fingerprint density at radius 1 is 1.19 bits per heavy atom. The lowest BCUT2D eigenvalue weighted by Gasteiger charge is -2.21. The molecule has 142 valence electrons. The number of carbonyl (C=O) groups excluding carboxylic acids is 1. The molecule has 0 aliphatic rings. The number of hydrogen-bond acceptors (Lipinski definition) is 5. The SMILES string of the molecule is CSc1ccc(CCNC(=O)C(NS(=O)(=O)c2cccs2)C(C)C)cc1. The second-order valence-corrected chi connectivity index (χ2v) is 9.93. The molecule has 2 aromatic rings. The van der Waals surface area contributed by atoms with Crippen molar-refractivity contribution in [3.63, 3.8) is 0 Å². The third-order valence-corrected chi connectivity index (χ3v) is 7.45. The molecule has 26 heavy (non-hydrogen) atoms. The van der Waals surface area contributed by atoms with E-state index in [0.717, 1.165) is 16.9 Å².